The van der Waals surface area contributed by atoms with Crippen LogP contribution in [-0.4, -0.2) is 51.1 Å². The molecule has 0 rings (SSSR count). The third-order valence-electron chi connectivity index (χ3n) is 1.94. The highest BCUT2D eigenvalue weighted by Crippen LogP contribution is 1.93. The van der Waals surface area contributed by atoms with Gasteiger partial charge >= 0.3 is 5.97 Å². The van der Waals surface area contributed by atoms with Crippen LogP contribution in [0.4, 0.5) is 0 Å². The molecular weight excluding hydrogens is 210 g/mol. The summed E-state index contributed by atoms with van der Waals surface area (Å²) in [5.74, 6) is -0.298. The molecule has 0 aliphatic rings. The van der Waals surface area contributed by atoms with Crippen LogP contribution < -0.4 is 5.32 Å². The smallest absolute Gasteiger partial charge is 0.333 e. The normalized spacial score (nSPS) is 11.6. The molecule has 0 unspecified atom stereocenters. The number of aliphatic hydroxyl groups is 1. The first-order chi connectivity index (χ1) is 7.72. The number of aliphatic hydroxyl groups excluding tert-OH is 1. The van der Waals surface area contributed by atoms with Crippen molar-refractivity contribution in [1.29, 1.82) is 0 Å². The van der Waals surface area contributed by atoms with Crippen molar-refractivity contribution in [2.75, 3.05) is 40.0 Å². The quantitative estimate of drug-likeness (QED) is 0.334. The van der Waals surface area contributed by atoms with Gasteiger partial charge in [0, 0.05) is 18.7 Å². The number of carbonyl (C=O) groups excluding carboxylic acids is 1. The number of hydrogen-bond acceptors (Lipinski definition) is 5. The fourth-order valence-corrected chi connectivity index (χ4v) is 1.04. The van der Waals surface area contributed by atoms with Crippen LogP contribution in [0.25, 0.3) is 0 Å². The Morgan fingerprint density at radius 3 is 2.81 bits per heavy atom. The second-order valence-electron chi connectivity index (χ2n) is 3.27. The molecule has 0 aliphatic carbocycles. The predicted octanol–water partition coefficient (Wildman–Crippen LogP) is 0.0943. The van der Waals surface area contributed by atoms with Gasteiger partial charge in [-0.3, -0.25) is 0 Å². The number of rotatable bonds is 9. The molecule has 0 atom stereocenters. The van der Waals surface area contributed by atoms with Gasteiger partial charge in [0.05, 0.1) is 20.3 Å². The van der Waals surface area contributed by atoms with Crippen molar-refractivity contribution in [3.05, 3.63) is 11.6 Å². The van der Waals surface area contributed by atoms with Gasteiger partial charge in [0.25, 0.3) is 0 Å². The highest BCUT2D eigenvalue weighted by atomic mass is 16.5. The number of ether oxygens (including phenoxy) is 2. The summed E-state index contributed by atoms with van der Waals surface area (Å²) in [7, 11) is 1.37. The van der Waals surface area contributed by atoms with Gasteiger partial charge in [0.1, 0.15) is 0 Å². The molecule has 5 nitrogen and oxygen atoms in total. The molecule has 0 aromatic carbocycles. The van der Waals surface area contributed by atoms with Gasteiger partial charge in [-0.1, -0.05) is 6.08 Å². The Morgan fingerprint density at radius 1 is 1.44 bits per heavy atom. The third kappa shape index (κ3) is 8.40. The van der Waals surface area contributed by atoms with Crippen LogP contribution in [0.2, 0.25) is 0 Å². The van der Waals surface area contributed by atoms with E-state index in [9.17, 15) is 4.79 Å². The molecule has 0 aromatic heterocycles. The Labute approximate surface area is 96.4 Å². The van der Waals surface area contributed by atoms with Gasteiger partial charge in [-0.05, 0) is 19.9 Å². The number of methoxy groups -OCH3 is 1. The van der Waals surface area contributed by atoms with Crippen molar-refractivity contribution in [2.24, 2.45) is 0 Å². The molecule has 0 amide bonds. The maximum atomic E-state index is 11.0. The van der Waals surface area contributed by atoms with E-state index < -0.39 is 0 Å². The molecule has 2 N–H and O–H groups in total. The summed E-state index contributed by atoms with van der Waals surface area (Å²) in [6, 6.07) is 0. The monoisotopic (exact) mass is 231 g/mol. The maximum absolute atomic E-state index is 11.0. The Hall–Kier alpha value is -0.910. The van der Waals surface area contributed by atoms with Crippen LogP contribution in [0, 0.1) is 0 Å². The van der Waals surface area contributed by atoms with Gasteiger partial charge in [-0.2, -0.15) is 0 Å². The van der Waals surface area contributed by atoms with Crippen molar-refractivity contribution < 1.29 is 19.4 Å². The average molecular weight is 231 g/mol. The summed E-state index contributed by atoms with van der Waals surface area (Å²) in [5.41, 5.74) is 0.603. The van der Waals surface area contributed by atoms with Crippen LogP contribution in [0.15, 0.2) is 11.6 Å². The van der Waals surface area contributed by atoms with Crippen molar-refractivity contribution in [3.63, 3.8) is 0 Å². The standard InChI is InChI=1S/C11H21NO4/c1-10(11(14)15-2)4-6-12-5-3-8-16-9-7-13/h4,12-13H,3,5-9H2,1-2H3. The lowest BCUT2D eigenvalue weighted by molar-refractivity contribution is -0.136. The van der Waals surface area contributed by atoms with Crippen LogP contribution in [0.5, 0.6) is 0 Å². The largest absolute Gasteiger partial charge is 0.466 e. The Kier molecular flexibility index (Phi) is 10.00. The lowest BCUT2D eigenvalue weighted by atomic mass is 10.3. The molecule has 5 heteroatoms. The summed E-state index contributed by atoms with van der Waals surface area (Å²) < 4.78 is 9.64. The van der Waals surface area contributed by atoms with Crippen LogP contribution >= 0.6 is 0 Å². The van der Waals surface area contributed by atoms with Crippen molar-refractivity contribution in [3.8, 4) is 0 Å². The van der Waals surface area contributed by atoms with E-state index in [0.29, 0.717) is 25.3 Å². The topological polar surface area (TPSA) is 67.8 Å². The van der Waals surface area contributed by atoms with E-state index in [-0.39, 0.29) is 12.6 Å². The summed E-state index contributed by atoms with van der Waals surface area (Å²) >= 11 is 0. The first kappa shape index (κ1) is 15.1. The first-order valence-electron chi connectivity index (χ1n) is 5.36. The summed E-state index contributed by atoms with van der Waals surface area (Å²) in [6.45, 7) is 4.26. The second kappa shape index (κ2) is 10.6. The summed E-state index contributed by atoms with van der Waals surface area (Å²) in [6.07, 6.45) is 2.67. The zero-order valence-corrected chi connectivity index (χ0v) is 9.99. The van der Waals surface area contributed by atoms with Gasteiger partial charge < -0.3 is 19.9 Å². The zero-order chi connectivity index (χ0) is 12.2. The van der Waals surface area contributed by atoms with Gasteiger partial charge in [0.2, 0.25) is 0 Å². The number of nitrogens with one attached hydrogen (secondary N) is 1. The second-order valence-corrected chi connectivity index (χ2v) is 3.27. The minimum atomic E-state index is -0.298. The molecule has 0 saturated heterocycles. The third-order valence-corrected chi connectivity index (χ3v) is 1.94. The highest BCUT2D eigenvalue weighted by molar-refractivity contribution is 5.87. The maximum Gasteiger partial charge on any atom is 0.333 e. The Balaban J connectivity index is 3.35. The van der Waals surface area contributed by atoms with E-state index in [1.807, 2.05) is 0 Å². The van der Waals surface area contributed by atoms with E-state index in [2.05, 4.69) is 10.1 Å². The Bertz CT molecular complexity index is 216. The average Bonchev–Trinajstić information content (AvgIpc) is 2.31. The molecule has 0 aliphatic heterocycles. The van der Waals surface area contributed by atoms with Crippen molar-refractivity contribution in [1.82, 2.24) is 5.32 Å². The van der Waals surface area contributed by atoms with E-state index in [1.165, 1.54) is 7.11 Å². The molecule has 0 bridgehead atoms. The fourth-order valence-electron chi connectivity index (χ4n) is 1.04. The molecule has 0 spiro atoms. The Morgan fingerprint density at radius 2 is 2.19 bits per heavy atom. The molecule has 0 radical (unpaired) electrons. The van der Waals surface area contributed by atoms with E-state index in [0.717, 1.165) is 13.0 Å². The van der Waals surface area contributed by atoms with Crippen molar-refractivity contribution >= 4 is 5.97 Å². The molecule has 0 heterocycles. The van der Waals surface area contributed by atoms with Crippen molar-refractivity contribution in [2.45, 2.75) is 13.3 Å². The van der Waals surface area contributed by atoms with Gasteiger partial charge in [-0.25, -0.2) is 4.79 Å². The molecule has 0 saturated carbocycles. The first-order valence-corrected chi connectivity index (χ1v) is 5.36. The number of hydrogen-bond donors (Lipinski definition) is 2. The highest BCUT2D eigenvalue weighted by Gasteiger charge is 2.00. The molecular formula is C11H21NO4. The van der Waals surface area contributed by atoms with Crippen LogP contribution in [-0.2, 0) is 14.3 Å². The minimum absolute atomic E-state index is 0.0640. The SMILES string of the molecule is COC(=O)C(C)=CCNCCCOCCO. The lowest BCUT2D eigenvalue weighted by Crippen LogP contribution is -2.18. The molecule has 94 valence electrons. The van der Waals surface area contributed by atoms with E-state index >= 15 is 0 Å². The zero-order valence-electron chi connectivity index (χ0n) is 9.99. The van der Waals surface area contributed by atoms with E-state index in [1.54, 1.807) is 13.0 Å². The molecule has 0 fully saturated rings. The summed E-state index contributed by atoms with van der Waals surface area (Å²) in [4.78, 5) is 11.0. The van der Waals surface area contributed by atoms with Gasteiger partial charge in [-0.15, -0.1) is 0 Å². The molecule has 0 aromatic rings. The van der Waals surface area contributed by atoms with Crippen LogP contribution in [0.3, 0.4) is 0 Å². The minimum Gasteiger partial charge on any atom is -0.466 e. The number of carbonyl (C=O) groups is 1. The van der Waals surface area contributed by atoms with E-state index in [4.69, 9.17) is 9.84 Å². The summed E-state index contributed by atoms with van der Waals surface area (Å²) in [5, 5.41) is 11.6. The fraction of sp³-hybridized carbons (Fsp3) is 0.727. The van der Waals surface area contributed by atoms with Gasteiger partial charge in [0.15, 0.2) is 0 Å². The number of esters is 1. The van der Waals surface area contributed by atoms with Crippen LogP contribution in [0.1, 0.15) is 13.3 Å². The predicted molar refractivity (Wildman–Crippen MR) is 61.2 cm³/mol. The lowest BCUT2D eigenvalue weighted by Gasteiger charge is -2.03. The molecule has 16 heavy (non-hydrogen) atoms.